The van der Waals surface area contributed by atoms with Crippen LogP contribution < -0.4 is 5.32 Å². The summed E-state index contributed by atoms with van der Waals surface area (Å²) in [6, 6.07) is 16.2. The normalized spacial score (nSPS) is 11.6. The Balaban J connectivity index is 1.80. The van der Waals surface area contributed by atoms with Gasteiger partial charge in [-0.3, -0.25) is 9.59 Å². The van der Waals surface area contributed by atoms with E-state index in [0.29, 0.717) is 10.7 Å². The number of anilines is 1. The zero-order chi connectivity index (χ0) is 16.7. The summed E-state index contributed by atoms with van der Waals surface area (Å²) in [5.74, 6) is -0.745. The minimum atomic E-state index is -0.866. The van der Waals surface area contributed by atoms with E-state index in [1.807, 2.05) is 36.4 Å². The molecular weight excluding hydrogens is 334 g/mol. The van der Waals surface area contributed by atoms with E-state index in [-0.39, 0.29) is 11.7 Å². The molecule has 0 saturated carbocycles. The lowest BCUT2D eigenvalue weighted by atomic mass is 10.3. The van der Waals surface area contributed by atoms with Crippen LogP contribution in [0.2, 0.25) is 5.02 Å². The molecular formula is C17H16ClNO3S. The van der Waals surface area contributed by atoms with Gasteiger partial charge in [0.05, 0.1) is 10.8 Å². The SMILES string of the molecule is CC(OC(=O)CSc1ccccc1Cl)C(=O)Nc1ccccc1. The first kappa shape index (κ1) is 17.4. The van der Waals surface area contributed by atoms with Gasteiger partial charge < -0.3 is 10.1 Å². The Morgan fingerprint density at radius 3 is 2.48 bits per heavy atom. The maximum atomic E-state index is 12.0. The van der Waals surface area contributed by atoms with Crippen molar-refractivity contribution in [2.24, 2.45) is 0 Å². The van der Waals surface area contributed by atoms with Crippen molar-refractivity contribution >= 4 is 40.9 Å². The van der Waals surface area contributed by atoms with Crippen LogP contribution in [-0.2, 0) is 14.3 Å². The third kappa shape index (κ3) is 5.62. The Kier molecular flexibility index (Phi) is 6.50. The van der Waals surface area contributed by atoms with Crippen LogP contribution in [0.5, 0.6) is 0 Å². The van der Waals surface area contributed by atoms with Crippen molar-refractivity contribution in [3.05, 3.63) is 59.6 Å². The molecule has 0 aliphatic carbocycles. The smallest absolute Gasteiger partial charge is 0.317 e. The molecule has 0 saturated heterocycles. The fourth-order valence-electron chi connectivity index (χ4n) is 1.75. The van der Waals surface area contributed by atoms with E-state index < -0.39 is 12.1 Å². The first-order valence-corrected chi connectivity index (χ1v) is 8.35. The Morgan fingerprint density at radius 1 is 1.13 bits per heavy atom. The molecule has 2 aromatic rings. The summed E-state index contributed by atoms with van der Waals surface area (Å²) in [4.78, 5) is 24.6. The topological polar surface area (TPSA) is 55.4 Å². The van der Waals surface area contributed by atoms with E-state index in [1.165, 1.54) is 18.7 Å². The number of hydrogen-bond acceptors (Lipinski definition) is 4. The van der Waals surface area contributed by atoms with Crippen LogP contribution in [0.4, 0.5) is 5.69 Å². The van der Waals surface area contributed by atoms with Gasteiger partial charge in [0, 0.05) is 10.6 Å². The lowest BCUT2D eigenvalue weighted by Crippen LogP contribution is -2.30. The van der Waals surface area contributed by atoms with Gasteiger partial charge >= 0.3 is 5.97 Å². The van der Waals surface area contributed by atoms with Gasteiger partial charge in [0.15, 0.2) is 6.10 Å². The third-order valence-electron chi connectivity index (χ3n) is 2.90. The van der Waals surface area contributed by atoms with Gasteiger partial charge in [-0.1, -0.05) is 41.9 Å². The highest BCUT2D eigenvalue weighted by molar-refractivity contribution is 8.00. The van der Waals surface area contributed by atoms with Crippen LogP contribution in [0.15, 0.2) is 59.5 Å². The molecule has 6 heteroatoms. The molecule has 1 unspecified atom stereocenters. The summed E-state index contributed by atoms with van der Waals surface area (Å²) < 4.78 is 5.13. The van der Waals surface area contributed by atoms with Gasteiger partial charge in [0.25, 0.3) is 5.91 Å². The van der Waals surface area contributed by atoms with E-state index in [0.717, 1.165) is 4.90 Å². The molecule has 0 aliphatic rings. The number of halogens is 1. The molecule has 1 amide bonds. The average Bonchev–Trinajstić information content (AvgIpc) is 2.55. The molecule has 2 aromatic carbocycles. The number of benzene rings is 2. The fourth-order valence-corrected chi connectivity index (χ4v) is 2.77. The number of hydrogen-bond donors (Lipinski definition) is 1. The summed E-state index contributed by atoms with van der Waals surface area (Å²) >= 11 is 7.29. The van der Waals surface area contributed by atoms with E-state index >= 15 is 0 Å². The summed E-state index contributed by atoms with van der Waals surface area (Å²) in [6.07, 6.45) is -0.866. The van der Waals surface area contributed by atoms with Gasteiger partial charge in [-0.25, -0.2) is 0 Å². The van der Waals surface area contributed by atoms with Crippen LogP contribution in [0.25, 0.3) is 0 Å². The number of amides is 1. The molecule has 0 spiro atoms. The molecule has 1 N–H and O–H groups in total. The van der Waals surface area contributed by atoms with Crippen LogP contribution in [0, 0.1) is 0 Å². The summed E-state index contributed by atoms with van der Waals surface area (Å²) in [7, 11) is 0. The largest absolute Gasteiger partial charge is 0.452 e. The quantitative estimate of drug-likeness (QED) is 0.632. The maximum Gasteiger partial charge on any atom is 0.317 e. The molecule has 4 nitrogen and oxygen atoms in total. The number of ether oxygens (including phenoxy) is 1. The number of esters is 1. The second-order valence-electron chi connectivity index (χ2n) is 4.71. The molecule has 0 aromatic heterocycles. The fraction of sp³-hybridized carbons (Fsp3) is 0.176. The van der Waals surface area contributed by atoms with Crippen molar-refractivity contribution in [1.82, 2.24) is 0 Å². The molecule has 2 rings (SSSR count). The van der Waals surface area contributed by atoms with Gasteiger partial charge in [-0.05, 0) is 31.2 Å². The first-order chi connectivity index (χ1) is 11.1. The Hall–Kier alpha value is -1.98. The van der Waals surface area contributed by atoms with Crippen LogP contribution in [-0.4, -0.2) is 23.7 Å². The average molecular weight is 350 g/mol. The predicted octanol–water partition coefficient (Wildman–Crippen LogP) is 4.00. The summed E-state index contributed by atoms with van der Waals surface area (Å²) in [5, 5.41) is 3.27. The van der Waals surface area contributed by atoms with E-state index in [1.54, 1.807) is 18.2 Å². The second kappa shape index (κ2) is 8.60. The highest BCUT2D eigenvalue weighted by atomic mass is 35.5. The van der Waals surface area contributed by atoms with Crippen LogP contribution >= 0.6 is 23.4 Å². The van der Waals surface area contributed by atoms with E-state index in [4.69, 9.17) is 16.3 Å². The molecule has 23 heavy (non-hydrogen) atoms. The lowest BCUT2D eigenvalue weighted by molar-refractivity contribution is -0.150. The van der Waals surface area contributed by atoms with Crippen molar-refractivity contribution in [1.29, 1.82) is 0 Å². The summed E-state index contributed by atoms with van der Waals surface area (Å²) in [6.45, 7) is 1.54. The Labute approximate surface area is 144 Å². The molecule has 0 bridgehead atoms. The van der Waals surface area contributed by atoms with Crippen molar-refractivity contribution < 1.29 is 14.3 Å². The number of para-hydroxylation sites is 1. The maximum absolute atomic E-state index is 12.0. The minimum absolute atomic E-state index is 0.0900. The second-order valence-corrected chi connectivity index (χ2v) is 6.13. The van der Waals surface area contributed by atoms with Crippen molar-refractivity contribution in [3.63, 3.8) is 0 Å². The van der Waals surface area contributed by atoms with E-state index in [2.05, 4.69) is 5.32 Å². The monoisotopic (exact) mass is 349 g/mol. The van der Waals surface area contributed by atoms with Gasteiger partial charge in [0.1, 0.15) is 0 Å². The lowest BCUT2D eigenvalue weighted by Gasteiger charge is -2.13. The van der Waals surface area contributed by atoms with Crippen molar-refractivity contribution in [3.8, 4) is 0 Å². The minimum Gasteiger partial charge on any atom is -0.452 e. The number of carbonyl (C=O) groups is 2. The van der Waals surface area contributed by atoms with Crippen molar-refractivity contribution in [2.75, 3.05) is 11.1 Å². The Morgan fingerprint density at radius 2 is 1.78 bits per heavy atom. The Bertz CT molecular complexity index is 679. The first-order valence-electron chi connectivity index (χ1n) is 6.99. The molecule has 0 heterocycles. The standard InChI is InChI=1S/C17H16ClNO3S/c1-12(17(21)19-13-7-3-2-4-8-13)22-16(20)11-23-15-10-6-5-9-14(15)18/h2-10,12H,11H2,1H3,(H,19,21). The molecule has 1 atom stereocenters. The van der Waals surface area contributed by atoms with Crippen LogP contribution in [0.1, 0.15) is 6.92 Å². The molecule has 0 fully saturated rings. The van der Waals surface area contributed by atoms with Crippen molar-refractivity contribution in [2.45, 2.75) is 17.9 Å². The predicted molar refractivity (Wildman–Crippen MR) is 92.8 cm³/mol. The zero-order valence-electron chi connectivity index (χ0n) is 12.5. The van der Waals surface area contributed by atoms with Gasteiger partial charge in [0.2, 0.25) is 0 Å². The summed E-state index contributed by atoms with van der Waals surface area (Å²) in [5.41, 5.74) is 0.658. The third-order valence-corrected chi connectivity index (χ3v) is 4.39. The number of thioether (sulfide) groups is 1. The number of nitrogens with one attached hydrogen (secondary N) is 1. The van der Waals surface area contributed by atoms with Gasteiger partial charge in [-0.2, -0.15) is 0 Å². The zero-order valence-corrected chi connectivity index (χ0v) is 14.1. The van der Waals surface area contributed by atoms with Gasteiger partial charge in [-0.15, -0.1) is 11.8 Å². The highest BCUT2D eigenvalue weighted by Crippen LogP contribution is 2.26. The van der Waals surface area contributed by atoms with Crippen LogP contribution in [0.3, 0.4) is 0 Å². The molecule has 0 aliphatic heterocycles. The molecule has 0 radical (unpaired) electrons. The highest BCUT2D eigenvalue weighted by Gasteiger charge is 2.18. The number of rotatable bonds is 6. The molecule has 120 valence electrons. The number of carbonyl (C=O) groups excluding carboxylic acids is 2. The van der Waals surface area contributed by atoms with E-state index in [9.17, 15) is 9.59 Å².